The second kappa shape index (κ2) is 25.5. The molecule has 8 aromatic rings. The fourth-order valence-electron chi connectivity index (χ4n) is 9.00. The Morgan fingerprint density at radius 1 is 0.613 bits per heavy atom. The zero-order valence-corrected chi connectivity index (χ0v) is 47.3. The lowest BCUT2D eigenvalue weighted by atomic mass is 10.0. The summed E-state index contributed by atoms with van der Waals surface area (Å²) in [5.74, 6) is 1.10. The van der Waals surface area contributed by atoms with Gasteiger partial charge in [0.2, 0.25) is 23.7 Å². The van der Waals surface area contributed by atoms with Gasteiger partial charge >= 0.3 is 0 Å². The van der Waals surface area contributed by atoms with Gasteiger partial charge < -0.3 is 59.5 Å². The van der Waals surface area contributed by atoms with Gasteiger partial charge in [0.25, 0.3) is 0 Å². The number of methoxy groups -OCH3 is 2. The summed E-state index contributed by atoms with van der Waals surface area (Å²) in [7, 11) is 18.9. The molecule has 5 aromatic heterocycles. The number of anilines is 8. The van der Waals surface area contributed by atoms with Gasteiger partial charge in [-0.05, 0) is 108 Å². The van der Waals surface area contributed by atoms with E-state index in [9.17, 15) is 20.1 Å². The van der Waals surface area contributed by atoms with Crippen molar-refractivity contribution in [3.05, 3.63) is 127 Å². The third kappa shape index (κ3) is 13.3. The Morgan fingerprint density at radius 2 is 1.09 bits per heavy atom. The fraction of sp³-hybridized carbons (Fsp3) is 0.271. The largest absolute Gasteiger partial charge is 0.494 e. The summed E-state index contributed by atoms with van der Waals surface area (Å²) in [5.41, 5.74) is 11.2. The van der Waals surface area contributed by atoms with Gasteiger partial charge in [-0.15, -0.1) is 0 Å². The van der Waals surface area contributed by atoms with Crippen LogP contribution in [-0.4, -0.2) is 138 Å². The van der Waals surface area contributed by atoms with E-state index in [1.54, 1.807) is 44.8 Å². The van der Waals surface area contributed by atoms with E-state index in [-0.39, 0.29) is 11.8 Å². The Bertz CT molecular complexity index is 3480. The van der Waals surface area contributed by atoms with Crippen LogP contribution in [0.2, 0.25) is 0 Å². The number of ether oxygens (including phenoxy) is 2. The summed E-state index contributed by atoms with van der Waals surface area (Å²) in [6.45, 7) is 14.3. The molecule has 3 aromatic carbocycles. The monoisotopic (exact) mass is 1080 g/mol. The normalized spacial score (nSPS) is 10.8. The Morgan fingerprint density at radius 3 is 1.55 bits per heavy atom. The second-order valence-electron chi connectivity index (χ2n) is 19.5. The fourth-order valence-corrected chi connectivity index (χ4v) is 9.00. The first-order valence-electron chi connectivity index (χ1n) is 25.4. The van der Waals surface area contributed by atoms with E-state index >= 15 is 0 Å². The number of nitrogens with zero attached hydrogens (tertiary/aromatic N) is 13. The quantitative estimate of drug-likeness (QED) is 0.0522. The molecule has 21 heteroatoms. The van der Waals surface area contributed by atoms with Gasteiger partial charge in [-0.1, -0.05) is 13.2 Å². The lowest BCUT2D eigenvalue weighted by molar-refractivity contribution is -0.112. The Labute approximate surface area is 466 Å². The Balaban J connectivity index is 0.000000231. The van der Waals surface area contributed by atoms with Crippen molar-refractivity contribution >= 4 is 79.6 Å². The molecular weight excluding hydrogens is 1010 g/mol. The molecule has 0 saturated heterocycles. The first kappa shape index (κ1) is 57.9. The minimum atomic E-state index is -0.331. The molecule has 0 aliphatic heterocycles. The van der Waals surface area contributed by atoms with Crippen LogP contribution < -0.4 is 40.5 Å². The number of hydrogen-bond acceptors (Lipinski definition) is 17. The molecule has 0 aliphatic rings. The predicted octanol–water partition coefficient (Wildman–Crippen LogP) is 8.77. The molecule has 0 aliphatic carbocycles. The van der Waals surface area contributed by atoms with Crippen molar-refractivity contribution in [2.45, 2.75) is 13.8 Å². The molecule has 2 amide bonds. The molecule has 21 nitrogen and oxygen atoms in total. The maximum atomic E-state index is 12.3. The van der Waals surface area contributed by atoms with Gasteiger partial charge in [0.1, 0.15) is 23.6 Å². The predicted molar refractivity (Wildman–Crippen MR) is 318 cm³/mol. The number of benzene rings is 3. The van der Waals surface area contributed by atoms with E-state index in [0.717, 1.165) is 76.1 Å². The van der Waals surface area contributed by atoms with Crippen LogP contribution in [0.5, 0.6) is 11.5 Å². The first-order chi connectivity index (χ1) is 38.3. The van der Waals surface area contributed by atoms with E-state index in [0.29, 0.717) is 74.5 Å². The van der Waals surface area contributed by atoms with Crippen molar-refractivity contribution in [1.82, 2.24) is 43.9 Å². The number of amides is 2. The SMILES string of the molecule is C=CC(=O)Nc1cc(Nc2nccc(-c3cc(C#N)c4c(c3)c(C)cn4C)n2)c(OC)cc1N(C)CCN(C)C.C=CC(=O)Nc1cc(Nc2nccc(-c3cc4c(C)cn(C)c4c(C#N)n3)n2)c(OC)cc1N(C)CCN(C)C. The maximum Gasteiger partial charge on any atom is 0.247 e. The number of nitrogens with one attached hydrogen (secondary N) is 4. The molecule has 0 atom stereocenters. The number of carbonyl (C=O) groups excluding carboxylic acids is 2. The number of likely N-dealkylation sites (N-methyl/N-ethyl adjacent to an activating group) is 4. The van der Waals surface area contributed by atoms with Crippen LogP contribution in [0.3, 0.4) is 0 Å². The molecule has 8 rings (SSSR count). The van der Waals surface area contributed by atoms with E-state index in [1.807, 2.05) is 133 Å². The molecule has 5 heterocycles. The summed E-state index contributed by atoms with van der Waals surface area (Å²) in [6.07, 6.45) is 9.72. The van der Waals surface area contributed by atoms with Gasteiger partial charge in [-0.2, -0.15) is 10.5 Å². The van der Waals surface area contributed by atoms with Crippen LogP contribution in [0.4, 0.5) is 46.0 Å². The highest BCUT2D eigenvalue weighted by molar-refractivity contribution is 6.03. The average molecular weight is 1080 g/mol. The number of aryl methyl sites for hydroxylation is 4. The van der Waals surface area contributed by atoms with Crippen molar-refractivity contribution in [3.8, 4) is 46.3 Å². The maximum absolute atomic E-state index is 12.3. The van der Waals surface area contributed by atoms with Gasteiger partial charge in [0, 0.05) is 108 Å². The summed E-state index contributed by atoms with van der Waals surface area (Å²) >= 11 is 0. The molecule has 0 unspecified atom stereocenters. The third-order valence-corrected chi connectivity index (χ3v) is 13.1. The number of pyridine rings is 1. The number of aromatic nitrogens is 7. The lowest BCUT2D eigenvalue weighted by Gasteiger charge is -2.26. The minimum Gasteiger partial charge on any atom is -0.494 e. The molecule has 412 valence electrons. The van der Waals surface area contributed by atoms with Crippen molar-refractivity contribution in [2.75, 3.05) is 114 Å². The van der Waals surface area contributed by atoms with Gasteiger partial charge in [0.15, 0.2) is 5.69 Å². The van der Waals surface area contributed by atoms with Crippen molar-refractivity contribution in [3.63, 3.8) is 0 Å². The summed E-state index contributed by atoms with van der Waals surface area (Å²) in [5, 5.41) is 33.8. The topological polar surface area (TPSA) is 236 Å². The number of nitriles is 2. The zero-order valence-electron chi connectivity index (χ0n) is 47.3. The summed E-state index contributed by atoms with van der Waals surface area (Å²) in [4.78, 5) is 55.6. The van der Waals surface area contributed by atoms with Crippen molar-refractivity contribution in [1.29, 1.82) is 10.5 Å². The molecular formula is C59H67N17O4. The summed E-state index contributed by atoms with van der Waals surface area (Å²) < 4.78 is 15.3. The first-order valence-corrected chi connectivity index (χ1v) is 25.4. The van der Waals surface area contributed by atoms with Crippen LogP contribution in [-0.2, 0) is 23.7 Å². The summed E-state index contributed by atoms with van der Waals surface area (Å²) in [6, 6.07) is 21.2. The molecule has 0 fully saturated rings. The average Bonchev–Trinajstić information content (AvgIpc) is 4.03. The van der Waals surface area contributed by atoms with Gasteiger partial charge in [0.05, 0.1) is 82.0 Å². The standard InChI is InChI=1S/C30H34N8O2.C29H33N9O2/c1-8-28(39)33-24-15-25(27(40-7)16-26(24)37(5)12-11-36(3)4)35-30-32-10-9-23(34-30)20-13-21(17-31)29-22(14-20)19(2)18-38(29)6;1-8-27(39)33-22-14-23(26(40-7)15-25(22)37(5)12-11-36(3)4)35-29-31-10-9-20(34-29)21-13-19-18(2)17-38(6)28(19)24(16-30)32-21/h8-10,13-16,18H,1,11-12H2,2-7H3,(H,33,39)(H,32,34,35);8-10,13-15,17H,1,11-12H2,2-7H3,(H,33,39)(H,31,34,35). The van der Waals surface area contributed by atoms with Gasteiger partial charge in [-0.25, -0.2) is 24.9 Å². The van der Waals surface area contributed by atoms with Crippen molar-refractivity contribution < 1.29 is 19.1 Å². The molecule has 0 bridgehead atoms. The Kier molecular flexibility index (Phi) is 18.5. The molecule has 0 radical (unpaired) electrons. The van der Waals surface area contributed by atoms with Crippen LogP contribution in [0, 0.1) is 36.5 Å². The molecule has 0 spiro atoms. The number of fused-ring (bicyclic) bond motifs is 2. The Hall–Kier alpha value is -9.83. The van der Waals surface area contributed by atoms with E-state index in [4.69, 9.17) is 14.5 Å². The molecule has 80 heavy (non-hydrogen) atoms. The van der Waals surface area contributed by atoms with Crippen LogP contribution >= 0.6 is 0 Å². The van der Waals surface area contributed by atoms with Crippen LogP contribution in [0.25, 0.3) is 44.5 Å². The van der Waals surface area contributed by atoms with E-state index < -0.39 is 0 Å². The van der Waals surface area contributed by atoms with E-state index in [1.165, 1.54) is 12.2 Å². The minimum absolute atomic E-state index is 0.302. The van der Waals surface area contributed by atoms with Crippen molar-refractivity contribution in [2.24, 2.45) is 14.1 Å². The third-order valence-electron chi connectivity index (χ3n) is 13.1. The number of carbonyl (C=O) groups is 2. The molecule has 4 N–H and O–H groups in total. The highest BCUT2D eigenvalue weighted by Crippen LogP contribution is 2.40. The highest BCUT2D eigenvalue weighted by Gasteiger charge is 2.21. The number of hydrogen-bond donors (Lipinski definition) is 4. The van der Waals surface area contributed by atoms with E-state index in [2.05, 4.69) is 81.2 Å². The second-order valence-corrected chi connectivity index (χ2v) is 19.5. The molecule has 0 saturated carbocycles. The van der Waals surface area contributed by atoms with Crippen LogP contribution in [0.15, 0.2) is 105 Å². The van der Waals surface area contributed by atoms with Crippen LogP contribution in [0.1, 0.15) is 22.4 Å². The highest BCUT2D eigenvalue weighted by atomic mass is 16.5. The number of rotatable bonds is 20. The zero-order chi connectivity index (χ0) is 57.9. The van der Waals surface area contributed by atoms with Gasteiger partial charge in [-0.3, -0.25) is 9.59 Å². The smallest absolute Gasteiger partial charge is 0.247 e. The lowest BCUT2D eigenvalue weighted by Crippen LogP contribution is -2.29.